The van der Waals surface area contributed by atoms with Crippen LogP contribution in [0, 0.1) is 0 Å². The van der Waals surface area contributed by atoms with Crippen molar-refractivity contribution in [2.45, 2.75) is 19.4 Å². The van der Waals surface area contributed by atoms with Crippen molar-refractivity contribution in [1.82, 2.24) is 0 Å². The van der Waals surface area contributed by atoms with Gasteiger partial charge in [-0.05, 0) is 12.5 Å². The van der Waals surface area contributed by atoms with Crippen LogP contribution in [0.15, 0.2) is 11.8 Å². The van der Waals surface area contributed by atoms with E-state index in [0.29, 0.717) is 0 Å². The topological polar surface area (TPSA) is 60.7 Å². The molecule has 54 valence electrons. The van der Waals surface area contributed by atoms with Gasteiger partial charge in [-0.3, -0.25) is 0 Å². The summed E-state index contributed by atoms with van der Waals surface area (Å²) in [4.78, 5) is 0. The Kier molecular flexibility index (Phi) is 3.18. The summed E-state index contributed by atoms with van der Waals surface area (Å²) in [6.07, 6.45) is -0.644. The summed E-state index contributed by atoms with van der Waals surface area (Å²) in [6, 6.07) is 0. The molecule has 3 nitrogen and oxygen atoms in total. The lowest BCUT2D eigenvalue weighted by atomic mass is 10.3. The van der Waals surface area contributed by atoms with Crippen LogP contribution in [0.5, 0.6) is 0 Å². The Morgan fingerprint density at radius 1 is 1.89 bits per heavy atom. The SMILES string of the molecule is [2H]C(C)C=C(O)C(O)CO. The van der Waals surface area contributed by atoms with E-state index in [9.17, 15) is 0 Å². The van der Waals surface area contributed by atoms with E-state index < -0.39 is 19.1 Å². The fourth-order valence-corrected chi connectivity index (χ4v) is 0.375. The van der Waals surface area contributed by atoms with Crippen LogP contribution in [0.1, 0.15) is 14.7 Å². The first-order chi connectivity index (χ1) is 4.57. The fourth-order valence-electron chi connectivity index (χ4n) is 0.375. The zero-order valence-electron chi connectivity index (χ0n) is 6.28. The largest absolute Gasteiger partial charge is 0.510 e. The number of allylic oxidation sites excluding steroid dienone is 1. The smallest absolute Gasteiger partial charge is 0.133 e. The monoisotopic (exact) mass is 133 g/mol. The second kappa shape index (κ2) is 4.35. The van der Waals surface area contributed by atoms with E-state index >= 15 is 0 Å². The molecule has 0 radical (unpaired) electrons. The van der Waals surface area contributed by atoms with Gasteiger partial charge >= 0.3 is 0 Å². The predicted octanol–water partition coefficient (Wildman–Crippen LogP) is 0.192. The molecule has 3 heteroatoms. The van der Waals surface area contributed by atoms with Gasteiger partial charge in [-0.25, -0.2) is 0 Å². The van der Waals surface area contributed by atoms with E-state index in [1.54, 1.807) is 6.92 Å². The number of hydrogen-bond donors (Lipinski definition) is 3. The minimum atomic E-state index is -1.24. The van der Waals surface area contributed by atoms with Gasteiger partial charge in [0, 0.05) is 1.37 Å². The highest BCUT2D eigenvalue weighted by atomic mass is 16.3. The van der Waals surface area contributed by atoms with Crippen molar-refractivity contribution in [2.24, 2.45) is 0 Å². The van der Waals surface area contributed by atoms with Crippen molar-refractivity contribution < 1.29 is 16.7 Å². The molecule has 0 saturated heterocycles. The molecule has 0 aliphatic rings. The third kappa shape index (κ3) is 3.11. The molecule has 0 fully saturated rings. The summed E-state index contributed by atoms with van der Waals surface area (Å²) < 4.78 is 6.95. The standard InChI is InChI=1S/C6H12O3/c1-2-3-5(8)6(9)4-7/h3,6-9H,2,4H2,1H3/i2D. The predicted molar refractivity (Wildman–Crippen MR) is 34.1 cm³/mol. The van der Waals surface area contributed by atoms with E-state index in [1.165, 1.54) is 6.08 Å². The molecule has 3 N–H and O–H groups in total. The molecule has 0 saturated carbocycles. The molecule has 2 atom stereocenters. The van der Waals surface area contributed by atoms with E-state index in [0.717, 1.165) is 0 Å². The van der Waals surface area contributed by atoms with Crippen LogP contribution < -0.4 is 0 Å². The lowest BCUT2D eigenvalue weighted by Gasteiger charge is -2.03. The Bertz CT molecular complexity index is 122. The summed E-state index contributed by atoms with van der Waals surface area (Å²) in [5.74, 6) is -0.343. The second-order valence-corrected chi connectivity index (χ2v) is 1.62. The Hall–Kier alpha value is -0.540. The molecule has 0 aromatic rings. The van der Waals surface area contributed by atoms with Gasteiger partial charge in [-0.15, -0.1) is 0 Å². The van der Waals surface area contributed by atoms with Crippen molar-refractivity contribution in [3.8, 4) is 0 Å². The number of aliphatic hydroxyl groups is 3. The average molecular weight is 133 g/mol. The normalized spacial score (nSPS) is 20.8. The number of hydrogen-bond acceptors (Lipinski definition) is 3. The second-order valence-electron chi connectivity index (χ2n) is 1.62. The molecule has 0 aromatic heterocycles. The van der Waals surface area contributed by atoms with Crippen LogP contribution >= 0.6 is 0 Å². The highest BCUT2D eigenvalue weighted by molar-refractivity contribution is 4.96. The summed E-state index contributed by atoms with van der Waals surface area (Å²) in [6.45, 7) is 1.02. The van der Waals surface area contributed by atoms with Crippen molar-refractivity contribution in [3.05, 3.63) is 11.8 Å². The van der Waals surface area contributed by atoms with Gasteiger partial charge in [-0.1, -0.05) is 6.92 Å². The first-order valence-electron chi connectivity index (χ1n) is 3.27. The summed E-state index contributed by atoms with van der Waals surface area (Å²) >= 11 is 0. The first-order valence-corrected chi connectivity index (χ1v) is 2.69. The van der Waals surface area contributed by atoms with E-state index in [2.05, 4.69) is 0 Å². The maximum atomic E-state index is 8.82. The van der Waals surface area contributed by atoms with Crippen LogP contribution in [0.4, 0.5) is 0 Å². The molecule has 9 heavy (non-hydrogen) atoms. The van der Waals surface area contributed by atoms with Crippen molar-refractivity contribution in [3.63, 3.8) is 0 Å². The number of rotatable bonds is 3. The summed E-state index contributed by atoms with van der Waals surface area (Å²) in [5.41, 5.74) is 0. The van der Waals surface area contributed by atoms with Crippen molar-refractivity contribution in [1.29, 1.82) is 0 Å². The van der Waals surface area contributed by atoms with Crippen molar-refractivity contribution in [2.75, 3.05) is 6.61 Å². The Labute approximate surface area is 55.7 Å². The maximum absolute atomic E-state index is 8.82. The van der Waals surface area contributed by atoms with Crippen molar-refractivity contribution >= 4 is 0 Å². The average Bonchev–Trinajstić information content (AvgIpc) is 1.85. The minimum Gasteiger partial charge on any atom is -0.510 e. The lowest BCUT2D eigenvalue weighted by molar-refractivity contribution is 0.0867. The molecule has 0 bridgehead atoms. The van der Waals surface area contributed by atoms with Crippen LogP contribution in [-0.2, 0) is 0 Å². The molecule has 0 aliphatic heterocycles. The van der Waals surface area contributed by atoms with Crippen LogP contribution in [-0.4, -0.2) is 28.0 Å². The van der Waals surface area contributed by atoms with Gasteiger partial charge in [0.05, 0.1) is 6.61 Å². The molecule has 0 aromatic carbocycles. The fraction of sp³-hybridized carbons (Fsp3) is 0.667. The summed E-state index contributed by atoms with van der Waals surface area (Å²) in [5, 5.41) is 25.8. The molecule has 0 heterocycles. The molecule has 0 amide bonds. The van der Waals surface area contributed by atoms with E-state index in [-0.39, 0.29) is 5.76 Å². The van der Waals surface area contributed by atoms with Gasteiger partial charge in [0.2, 0.25) is 0 Å². The Morgan fingerprint density at radius 3 is 2.78 bits per heavy atom. The number of aliphatic hydroxyl groups excluding tert-OH is 3. The highest BCUT2D eigenvalue weighted by Crippen LogP contribution is 1.97. The summed E-state index contributed by atoms with van der Waals surface area (Å²) in [7, 11) is 0. The van der Waals surface area contributed by atoms with Crippen LogP contribution in [0.25, 0.3) is 0 Å². The molecular weight excluding hydrogens is 120 g/mol. The zero-order valence-corrected chi connectivity index (χ0v) is 5.28. The van der Waals surface area contributed by atoms with E-state index in [4.69, 9.17) is 16.7 Å². The Balaban J connectivity index is 3.91. The zero-order chi connectivity index (χ0) is 8.15. The molecular formula is C6H12O3. The molecule has 2 unspecified atom stereocenters. The van der Waals surface area contributed by atoms with Gasteiger partial charge in [0.25, 0.3) is 0 Å². The Morgan fingerprint density at radius 2 is 2.44 bits per heavy atom. The maximum Gasteiger partial charge on any atom is 0.133 e. The quantitative estimate of drug-likeness (QED) is 0.482. The van der Waals surface area contributed by atoms with Gasteiger partial charge in [0.15, 0.2) is 0 Å². The molecule has 0 spiro atoms. The minimum absolute atomic E-state index is 0.343. The van der Waals surface area contributed by atoms with Gasteiger partial charge < -0.3 is 15.3 Å². The third-order valence-corrected chi connectivity index (χ3v) is 0.852. The van der Waals surface area contributed by atoms with Crippen LogP contribution in [0.2, 0.25) is 0 Å². The molecule has 0 aliphatic carbocycles. The highest BCUT2D eigenvalue weighted by Gasteiger charge is 2.04. The first kappa shape index (κ1) is 6.58. The molecule has 0 rings (SSSR count). The lowest BCUT2D eigenvalue weighted by Crippen LogP contribution is -2.14. The third-order valence-electron chi connectivity index (χ3n) is 0.852. The van der Waals surface area contributed by atoms with Crippen LogP contribution in [0.3, 0.4) is 0 Å². The van der Waals surface area contributed by atoms with E-state index in [1.807, 2.05) is 0 Å². The van der Waals surface area contributed by atoms with Gasteiger partial charge in [0.1, 0.15) is 11.9 Å². The van der Waals surface area contributed by atoms with Gasteiger partial charge in [-0.2, -0.15) is 0 Å².